The summed E-state index contributed by atoms with van der Waals surface area (Å²) in [4.78, 5) is 5.83. The second-order valence-electron chi connectivity index (χ2n) is 5.15. The Balaban J connectivity index is 1.97. The van der Waals surface area contributed by atoms with Crippen LogP contribution in [0.5, 0.6) is 0 Å². The largest absolute Gasteiger partial charge is 0.419 e. The molecule has 1 aromatic heterocycles. The van der Waals surface area contributed by atoms with Gasteiger partial charge < -0.3 is 10.2 Å². The Morgan fingerprint density at radius 3 is 2.47 bits per heavy atom. The van der Waals surface area contributed by atoms with Crippen LogP contribution in [0, 0.1) is 0 Å². The topological polar surface area (TPSA) is 28.2 Å². The maximum Gasteiger partial charge on any atom is 0.419 e. The molecular formula is C13H16F3N3. The van der Waals surface area contributed by atoms with Crippen molar-refractivity contribution >= 4 is 5.82 Å². The van der Waals surface area contributed by atoms with E-state index < -0.39 is 11.7 Å². The van der Waals surface area contributed by atoms with Gasteiger partial charge in [-0.1, -0.05) is 0 Å². The van der Waals surface area contributed by atoms with E-state index in [9.17, 15) is 13.2 Å². The number of aromatic nitrogens is 1. The summed E-state index contributed by atoms with van der Waals surface area (Å²) in [5.74, 6) is 0.365. The summed E-state index contributed by atoms with van der Waals surface area (Å²) in [6.45, 7) is 2.53. The molecule has 0 radical (unpaired) electrons. The number of nitrogens with zero attached hydrogens (tertiary/aromatic N) is 2. The highest BCUT2D eigenvalue weighted by molar-refractivity contribution is 5.51. The minimum Gasteiger partial charge on any atom is -0.354 e. The van der Waals surface area contributed by atoms with Gasteiger partial charge in [0.1, 0.15) is 5.82 Å². The molecular weight excluding hydrogens is 255 g/mol. The standard InChI is InChI=1S/C13H16F3N3/c14-13(15,16)11-7-10(9-1-2-9)8-18-12(11)19-5-3-17-4-6-19/h7-9,17H,1-6H2. The van der Waals surface area contributed by atoms with E-state index in [1.165, 1.54) is 6.07 Å². The molecule has 1 N–H and O–H groups in total. The van der Waals surface area contributed by atoms with E-state index in [0.717, 1.165) is 18.4 Å². The molecule has 0 spiro atoms. The third-order valence-corrected chi connectivity index (χ3v) is 3.66. The Morgan fingerprint density at radius 2 is 1.89 bits per heavy atom. The molecule has 3 rings (SSSR count). The van der Waals surface area contributed by atoms with Crippen LogP contribution in [0.15, 0.2) is 12.3 Å². The third kappa shape index (κ3) is 2.68. The van der Waals surface area contributed by atoms with Gasteiger partial charge in [0.15, 0.2) is 0 Å². The summed E-state index contributed by atoms with van der Waals surface area (Å²) in [5.41, 5.74) is 0.144. The van der Waals surface area contributed by atoms with Crippen LogP contribution in [0.2, 0.25) is 0 Å². The Labute approximate surface area is 109 Å². The summed E-state index contributed by atoms with van der Waals surface area (Å²) < 4.78 is 39.6. The second-order valence-corrected chi connectivity index (χ2v) is 5.15. The average Bonchev–Trinajstić information content (AvgIpc) is 3.22. The summed E-state index contributed by atoms with van der Waals surface area (Å²) in [5, 5.41) is 3.13. The number of hydrogen-bond donors (Lipinski definition) is 1. The van der Waals surface area contributed by atoms with Gasteiger partial charge in [-0.15, -0.1) is 0 Å². The summed E-state index contributed by atoms with van der Waals surface area (Å²) in [6, 6.07) is 1.29. The molecule has 0 aromatic carbocycles. The first-order valence-electron chi connectivity index (χ1n) is 6.58. The smallest absolute Gasteiger partial charge is 0.354 e. The Hall–Kier alpha value is -1.30. The zero-order chi connectivity index (χ0) is 13.5. The number of nitrogens with one attached hydrogen (secondary N) is 1. The summed E-state index contributed by atoms with van der Waals surface area (Å²) in [6.07, 6.45) is -0.764. The number of hydrogen-bond acceptors (Lipinski definition) is 3. The maximum atomic E-state index is 13.2. The molecule has 2 aliphatic rings. The zero-order valence-corrected chi connectivity index (χ0v) is 10.5. The van der Waals surface area contributed by atoms with E-state index >= 15 is 0 Å². The number of piperazine rings is 1. The first kappa shape index (κ1) is 12.7. The first-order chi connectivity index (χ1) is 9.05. The van der Waals surface area contributed by atoms with Gasteiger partial charge in [0, 0.05) is 32.4 Å². The number of anilines is 1. The summed E-state index contributed by atoms with van der Waals surface area (Å²) in [7, 11) is 0. The van der Waals surface area contributed by atoms with E-state index in [4.69, 9.17) is 0 Å². The van der Waals surface area contributed by atoms with E-state index in [1.54, 1.807) is 11.1 Å². The van der Waals surface area contributed by atoms with Gasteiger partial charge in [-0.2, -0.15) is 13.2 Å². The fourth-order valence-corrected chi connectivity index (χ4v) is 2.45. The van der Waals surface area contributed by atoms with Gasteiger partial charge in [-0.3, -0.25) is 0 Å². The fourth-order valence-electron chi connectivity index (χ4n) is 2.45. The minimum atomic E-state index is -4.34. The van der Waals surface area contributed by atoms with Crippen molar-refractivity contribution < 1.29 is 13.2 Å². The van der Waals surface area contributed by atoms with E-state index in [1.807, 2.05) is 0 Å². The van der Waals surface area contributed by atoms with Crippen molar-refractivity contribution in [3.63, 3.8) is 0 Å². The van der Waals surface area contributed by atoms with Crippen LogP contribution in [-0.2, 0) is 6.18 Å². The van der Waals surface area contributed by atoms with Crippen molar-refractivity contribution in [3.8, 4) is 0 Å². The Morgan fingerprint density at radius 1 is 1.21 bits per heavy atom. The van der Waals surface area contributed by atoms with Crippen LogP contribution in [0.1, 0.15) is 29.9 Å². The molecule has 3 nitrogen and oxygen atoms in total. The second kappa shape index (κ2) is 4.67. The predicted octanol–water partition coefficient (Wildman–Crippen LogP) is 2.39. The van der Waals surface area contributed by atoms with Crippen LogP contribution in [0.3, 0.4) is 0 Å². The molecule has 19 heavy (non-hydrogen) atoms. The molecule has 0 unspecified atom stereocenters. The van der Waals surface area contributed by atoms with Crippen LogP contribution in [-0.4, -0.2) is 31.2 Å². The molecule has 0 amide bonds. The zero-order valence-electron chi connectivity index (χ0n) is 10.5. The Kier molecular flexibility index (Phi) is 3.12. The lowest BCUT2D eigenvalue weighted by molar-refractivity contribution is -0.137. The molecule has 0 bridgehead atoms. The Bertz CT molecular complexity index is 463. The highest BCUT2D eigenvalue weighted by Gasteiger charge is 2.37. The van der Waals surface area contributed by atoms with Crippen LogP contribution >= 0.6 is 0 Å². The van der Waals surface area contributed by atoms with Crippen molar-refractivity contribution in [1.29, 1.82) is 0 Å². The first-order valence-corrected chi connectivity index (χ1v) is 6.58. The van der Waals surface area contributed by atoms with Gasteiger partial charge in [-0.05, 0) is 30.4 Å². The van der Waals surface area contributed by atoms with Crippen molar-refractivity contribution in [2.24, 2.45) is 0 Å². The van der Waals surface area contributed by atoms with Gasteiger partial charge >= 0.3 is 6.18 Å². The van der Waals surface area contributed by atoms with E-state index in [0.29, 0.717) is 26.2 Å². The maximum absolute atomic E-state index is 13.2. The number of pyridine rings is 1. The lowest BCUT2D eigenvalue weighted by Crippen LogP contribution is -2.44. The minimum absolute atomic E-state index is 0.0819. The van der Waals surface area contributed by atoms with Crippen molar-refractivity contribution in [2.45, 2.75) is 24.9 Å². The number of halogens is 3. The molecule has 6 heteroatoms. The molecule has 2 heterocycles. The SMILES string of the molecule is FC(F)(F)c1cc(C2CC2)cnc1N1CCNCC1. The predicted molar refractivity (Wildman–Crippen MR) is 66.3 cm³/mol. The third-order valence-electron chi connectivity index (χ3n) is 3.66. The molecule has 1 aliphatic heterocycles. The van der Waals surface area contributed by atoms with Crippen LogP contribution in [0.4, 0.5) is 19.0 Å². The normalized spacial score (nSPS) is 20.7. The van der Waals surface area contributed by atoms with Crippen molar-refractivity contribution in [2.75, 3.05) is 31.1 Å². The van der Waals surface area contributed by atoms with Gasteiger partial charge in [0.2, 0.25) is 0 Å². The number of rotatable bonds is 2. The van der Waals surface area contributed by atoms with Gasteiger partial charge in [0.05, 0.1) is 5.56 Å². The monoisotopic (exact) mass is 271 g/mol. The quantitative estimate of drug-likeness (QED) is 0.895. The van der Waals surface area contributed by atoms with E-state index in [2.05, 4.69) is 10.3 Å². The number of alkyl halides is 3. The highest BCUT2D eigenvalue weighted by Crippen LogP contribution is 2.43. The lowest BCUT2D eigenvalue weighted by atomic mass is 10.1. The molecule has 2 fully saturated rings. The van der Waals surface area contributed by atoms with Crippen LogP contribution in [0.25, 0.3) is 0 Å². The van der Waals surface area contributed by atoms with Crippen LogP contribution < -0.4 is 10.2 Å². The average molecular weight is 271 g/mol. The molecule has 1 saturated heterocycles. The van der Waals surface area contributed by atoms with Gasteiger partial charge in [0.25, 0.3) is 0 Å². The van der Waals surface area contributed by atoms with Gasteiger partial charge in [-0.25, -0.2) is 4.98 Å². The summed E-state index contributed by atoms with van der Waals surface area (Å²) >= 11 is 0. The van der Waals surface area contributed by atoms with Crippen molar-refractivity contribution in [3.05, 3.63) is 23.4 Å². The molecule has 1 saturated carbocycles. The molecule has 1 aromatic rings. The fraction of sp³-hybridized carbons (Fsp3) is 0.615. The lowest BCUT2D eigenvalue weighted by Gasteiger charge is -2.30. The molecule has 0 atom stereocenters. The highest BCUT2D eigenvalue weighted by atomic mass is 19.4. The van der Waals surface area contributed by atoms with E-state index in [-0.39, 0.29) is 11.7 Å². The van der Waals surface area contributed by atoms with Crippen molar-refractivity contribution in [1.82, 2.24) is 10.3 Å². The molecule has 1 aliphatic carbocycles. The molecule has 104 valence electrons.